The molecule has 1 aliphatic carbocycles. The Bertz CT molecular complexity index is 1010. The average Bonchev–Trinajstić information content (AvgIpc) is 3.08. The molecule has 1 aromatic heterocycles. The molecule has 1 unspecified atom stereocenters. The van der Waals surface area contributed by atoms with Crippen molar-refractivity contribution in [3.63, 3.8) is 0 Å². The van der Waals surface area contributed by atoms with E-state index >= 15 is 0 Å². The minimum atomic E-state index is -0.609. The number of carbonyl (C=O) groups excluding carboxylic acids is 1. The Hall–Kier alpha value is -3.08. The number of nitrogens with zero attached hydrogens (tertiary/aromatic N) is 2. The van der Waals surface area contributed by atoms with Gasteiger partial charge in [-0.2, -0.15) is 5.10 Å². The summed E-state index contributed by atoms with van der Waals surface area (Å²) in [5.74, 6) is 0.647. The number of aryl methyl sites for hydroxylation is 2. The minimum absolute atomic E-state index is 0.0115. The highest BCUT2D eigenvalue weighted by atomic mass is 16.2. The summed E-state index contributed by atoms with van der Waals surface area (Å²) in [7, 11) is 0. The second kappa shape index (κ2) is 5.46. The predicted molar refractivity (Wildman–Crippen MR) is 101 cm³/mol. The highest BCUT2D eigenvalue weighted by Crippen LogP contribution is 2.46. The van der Waals surface area contributed by atoms with Gasteiger partial charge in [0.25, 0.3) is 5.91 Å². The molecule has 1 aliphatic heterocycles. The molecule has 0 fully saturated rings. The van der Waals surface area contributed by atoms with Crippen LogP contribution in [0.5, 0.6) is 0 Å². The quantitative estimate of drug-likeness (QED) is 0.702. The van der Waals surface area contributed by atoms with Crippen LogP contribution in [0, 0.1) is 6.92 Å². The molecule has 0 saturated carbocycles. The predicted octanol–water partition coefficient (Wildman–Crippen LogP) is 3.98. The number of fused-ring (bicyclic) bond motifs is 3. The third-order valence-corrected chi connectivity index (χ3v) is 5.45. The summed E-state index contributed by atoms with van der Waals surface area (Å²) in [5, 5.41) is 11.1. The van der Waals surface area contributed by atoms with Crippen molar-refractivity contribution in [3.8, 4) is 0 Å². The Morgan fingerprint density at radius 2 is 1.92 bits per heavy atom. The van der Waals surface area contributed by atoms with Crippen molar-refractivity contribution < 1.29 is 4.79 Å². The lowest BCUT2D eigenvalue weighted by Crippen LogP contribution is -2.59. The van der Waals surface area contributed by atoms with Crippen LogP contribution in [0.15, 0.2) is 54.6 Å². The Morgan fingerprint density at radius 1 is 1.12 bits per heavy atom. The van der Waals surface area contributed by atoms with Gasteiger partial charge >= 0.3 is 0 Å². The smallest absolute Gasteiger partial charge is 0.263 e. The van der Waals surface area contributed by atoms with E-state index in [1.54, 1.807) is 0 Å². The van der Waals surface area contributed by atoms with Gasteiger partial charge in [0.1, 0.15) is 5.66 Å². The fourth-order valence-electron chi connectivity index (χ4n) is 4.34. The molecule has 1 amide bonds. The van der Waals surface area contributed by atoms with Gasteiger partial charge in [0.15, 0.2) is 5.82 Å². The standard InChI is InChI=1S/C21H20N4O/c1-14-13-19(24-23-14)25-20(26)16-9-3-5-11-18(16)22-21(25)12-6-8-15-7-2-4-10-17(15)21/h2-5,7,9-11,13,22H,6,8,12H2,1H3,(H,23,24). The first-order chi connectivity index (χ1) is 12.7. The number of rotatable bonds is 1. The zero-order chi connectivity index (χ0) is 17.7. The van der Waals surface area contributed by atoms with Crippen molar-refractivity contribution >= 4 is 17.4 Å². The highest BCUT2D eigenvalue weighted by Gasteiger charge is 2.49. The molecule has 0 bridgehead atoms. The van der Waals surface area contributed by atoms with Crippen molar-refractivity contribution in [2.45, 2.75) is 31.8 Å². The summed E-state index contributed by atoms with van der Waals surface area (Å²) in [4.78, 5) is 15.4. The van der Waals surface area contributed by atoms with Crippen molar-refractivity contribution in [1.29, 1.82) is 0 Å². The second-order valence-electron chi connectivity index (χ2n) is 7.09. The zero-order valence-electron chi connectivity index (χ0n) is 14.6. The van der Waals surface area contributed by atoms with Gasteiger partial charge in [-0.1, -0.05) is 36.4 Å². The highest BCUT2D eigenvalue weighted by molar-refractivity contribution is 6.12. The molecule has 2 heterocycles. The molecule has 3 aromatic rings. The van der Waals surface area contributed by atoms with Crippen molar-refractivity contribution in [1.82, 2.24) is 10.2 Å². The third kappa shape index (κ3) is 2.03. The molecule has 2 aliphatic rings. The van der Waals surface area contributed by atoms with E-state index in [1.165, 1.54) is 5.56 Å². The van der Waals surface area contributed by atoms with E-state index in [2.05, 4.69) is 33.7 Å². The first-order valence-electron chi connectivity index (χ1n) is 9.01. The van der Waals surface area contributed by atoms with Gasteiger partial charge in [-0.25, -0.2) is 0 Å². The number of benzene rings is 2. The fourth-order valence-corrected chi connectivity index (χ4v) is 4.34. The number of nitrogens with one attached hydrogen (secondary N) is 2. The molecule has 1 atom stereocenters. The fraction of sp³-hybridized carbons (Fsp3) is 0.238. The summed E-state index contributed by atoms with van der Waals surface area (Å²) in [6.45, 7) is 1.95. The van der Waals surface area contributed by atoms with Crippen LogP contribution < -0.4 is 10.2 Å². The van der Waals surface area contributed by atoms with E-state index in [4.69, 9.17) is 0 Å². The lowest BCUT2D eigenvalue weighted by molar-refractivity contribution is 0.0944. The molecule has 2 aromatic carbocycles. The van der Waals surface area contributed by atoms with E-state index < -0.39 is 5.66 Å². The maximum Gasteiger partial charge on any atom is 0.263 e. The molecule has 130 valence electrons. The maximum absolute atomic E-state index is 13.5. The molecule has 2 N–H and O–H groups in total. The molecule has 0 saturated heterocycles. The average molecular weight is 344 g/mol. The molecule has 5 rings (SSSR count). The van der Waals surface area contributed by atoms with Crippen LogP contribution in [0.25, 0.3) is 0 Å². The van der Waals surface area contributed by atoms with E-state index in [0.717, 1.165) is 36.2 Å². The largest absolute Gasteiger partial charge is 0.358 e. The van der Waals surface area contributed by atoms with Gasteiger partial charge in [-0.15, -0.1) is 0 Å². The molecule has 5 nitrogen and oxygen atoms in total. The number of carbonyl (C=O) groups is 1. The van der Waals surface area contributed by atoms with Crippen LogP contribution in [0.1, 0.15) is 40.0 Å². The topological polar surface area (TPSA) is 61.0 Å². The number of hydrogen-bond acceptors (Lipinski definition) is 3. The number of H-pyrrole nitrogens is 1. The Balaban J connectivity index is 1.79. The Morgan fingerprint density at radius 3 is 2.77 bits per heavy atom. The van der Waals surface area contributed by atoms with Crippen LogP contribution >= 0.6 is 0 Å². The van der Waals surface area contributed by atoms with Crippen molar-refractivity contribution in [2.24, 2.45) is 0 Å². The van der Waals surface area contributed by atoms with Crippen LogP contribution in [0.4, 0.5) is 11.5 Å². The van der Waals surface area contributed by atoms with Gasteiger partial charge in [0, 0.05) is 23.0 Å². The zero-order valence-corrected chi connectivity index (χ0v) is 14.6. The summed E-state index contributed by atoms with van der Waals surface area (Å²) in [6.07, 6.45) is 2.89. The molecule has 1 spiro atoms. The van der Waals surface area contributed by atoms with Crippen molar-refractivity contribution in [2.75, 3.05) is 10.2 Å². The lowest BCUT2D eigenvalue weighted by Gasteiger charge is -2.50. The molecular weight excluding hydrogens is 324 g/mol. The molecule has 26 heavy (non-hydrogen) atoms. The first kappa shape index (κ1) is 15.2. The van der Waals surface area contributed by atoms with Gasteiger partial charge in [0.2, 0.25) is 0 Å². The SMILES string of the molecule is Cc1cc(N2C(=O)c3ccccc3NC23CCCc2ccccc23)n[nH]1. The third-order valence-electron chi connectivity index (χ3n) is 5.45. The number of hydrogen-bond donors (Lipinski definition) is 2. The van der Waals surface area contributed by atoms with Crippen LogP contribution in [-0.2, 0) is 12.1 Å². The summed E-state index contributed by atoms with van der Waals surface area (Å²) in [6, 6.07) is 18.1. The monoisotopic (exact) mass is 344 g/mol. The maximum atomic E-state index is 13.5. The summed E-state index contributed by atoms with van der Waals surface area (Å²) >= 11 is 0. The number of para-hydroxylation sites is 1. The molecule has 5 heteroatoms. The Kier molecular flexibility index (Phi) is 3.19. The van der Waals surface area contributed by atoms with Gasteiger partial charge in [0.05, 0.1) is 5.56 Å². The first-order valence-corrected chi connectivity index (χ1v) is 9.01. The van der Waals surface area contributed by atoms with Gasteiger partial charge in [-0.3, -0.25) is 14.8 Å². The van der Waals surface area contributed by atoms with E-state index in [9.17, 15) is 4.79 Å². The van der Waals surface area contributed by atoms with E-state index in [-0.39, 0.29) is 5.91 Å². The number of aromatic amines is 1. The lowest BCUT2D eigenvalue weighted by atomic mass is 9.79. The number of anilines is 2. The molecule has 0 radical (unpaired) electrons. The van der Waals surface area contributed by atoms with Gasteiger partial charge in [-0.05, 0) is 43.9 Å². The minimum Gasteiger partial charge on any atom is -0.358 e. The summed E-state index contributed by atoms with van der Waals surface area (Å²) in [5.41, 5.74) is 4.35. The van der Waals surface area contributed by atoms with E-state index in [0.29, 0.717) is 11.4 Å². The second-order valence-corrected chi connectivity index (χ2v) is 7.09. The van der Waals surface area contributed by atoms with Crippen molar-refractivity contribution in [3.05, 3.63) is 77.0 Å². The summed E-state index contributed by atoms with van der Waals surface area (Å²) < 4.78 is 0. The van der Waals surface area contributed by atoms with Crippen LogP contribution in [0.3, 0.4) is 0 Å². The normalized spacial score (nSPS) is 21.3. The number of amides is 1. The van der Waals surface area contributed by atoms with Crippen LogP contribution in [-0.4, -0.2) is 16.1 Å². The molecular formula is C21H20N4O. The van der Waals surface area contributed by atoms with Crippen LogP contribution in [0.2, 0.25) is 0 Å². The van der Waals surface area contributed by atoms with Gasteiger partial charge < -0.3 is 5.32 Å². The Labute approximate surface area is 152 Å². The number of aromatic nitrogens is 2. The van der Waals surface area contributed by atoms with E-state index in [1.807, 2.05) is 48.2 Å².